The second-order valence-corrected chi connectivity index (χ2v) is 6.92. The average Bonchev–Trinajstić information content (AvgIpc) is 2.63. The van der Waals surface area contributed by atoms with Crippen LogP contribution >= 0.6 is 0 Å². The van der Waals surface area contributed by atoms with Gasteiger partial charge in [-0.25, -0.2) is 5.43 Å². The molecule has 2 amide bonds. The predicted octanol–water partition coefficient (Wildman–Crippen LogP) is 4.20. The van der Waals surface area contributed by atoms with Crippen LogP contribution in [0.3, 0.4) is 0 Å². The van der Waals surface area contributed by atoms with Crippen molar-refractivity contribution < 1.29 is 9.59 Å². The van der Waals surface area contributed by atoms with Crippen LogP contribution in [-0.2, 0) is 9.59 Å². The SMILES string of the molecule is Cc1ccc(NC(=O)CCC(=O)N/N=C(\c2ccccc2)C(C)C)c(C)c1. The van der Waals surface area contributed by atoms with E-state index < -0.39 is 0 Å². The third kappa shape index (κ3) is 6.37. The molecule has 0 bridgehead atoms. The molecule has 2 N–H and O–H groups in total. The van der Waals surface area contributed by atoms with E-state index in [9.17, 15) is 9.59 Å². The second kappa shape index (κ2) is 9.67. The maximum atomic E-state index is 12.1. The molecule has 2 aromatic rings. The average molecular weight is 365 g/mol. The van der Waals surface area contributed by atoms with E-state index in [0.717, 1.165) is 28.1 Å². The zero-order valence-electron chi connectivity index (χ0n) is 16.4. The lowest BCUT2D eigenvalue weighted by atomic mass is 10.0. The topological polar surface area (TPSA) is 70.6 Å². The molecule has 2 rings (SSSR count). The molecule has 0 atom stereocenters. The lowest BCUT2D eigenvalue weighted by Crippen LogP contribution is -2.23. The Morgan fingerprint density at radius 3 is 2.26 bits per heavy atom. The molecule has 0 heterocycles. The van der Waals surface area contributed by atoms with Crippen molar-refractivity contribution >= 4 is 23.2 Å². The van der Waals surface area contributed by atoms with Gasteiger partial charge in [0, 0.05) is 18.5 Å². The Balaban J connectivity index is 1.88. The summed E-state index contributed by atoms with van der Waals surface area (Å²) in [6.07, 6.45) is 0.192. The van der Waals surface area contributed by atoms with Crippen LogP contribution in [0, 0.1) is 19.8 Å². The molecule has 5 nitrogen and oxygen atoms in total. The van der Waals surface area contributed by atoms with Crippen LogP contribution in [0.15, 0.2) is 53.6 Å². The number of carbonyl (C=O) groups is 2. The summed E-state index contributed by atoms with van der Waals surface area (Å²) in [5, 5.41) is 7.11. The van der Waals surface area contributed by atoms with E-state index in [1.807, 2.05) is 76.2 Å². The summed E-state index contributed by atoms with van der Waals surface area (Å²) >= 11 is 0. The van der Waals surface area contributed by atoms with Crippen molar-refractivity contribution in [1.82, 2.24) is 5.43 Å². The summed E-state index contributed by atoms with van der Waals surface area (Å²) in [5.41, 5.74) is 7.27. The maximum absolute atomic E-state index is 12.1. The van der Waals surface area contributed by atoms with Crippen molar-refractivity contribution in [2.75, 3.05) is 5.32 Å². The first-order valence-corrected chi connectivity index (χ1v) is 9.15. The fourth-order valence-electron chi connectivity index (χ4n) is 2.71. The maximum Gasteiger partial charge on any atom is 0.240 e. The summed E-state index contributed by atoms with van der Waals surface area (Å²) in [7, 11) is 0. The van der Waals surface area contributed by atoms with Gasteiger partial charge in [-0.3, -0.25) is 9.59 Å². The first-order valence-electron chi connectivity index (χ1n) is 9.15. The highest BCUT2D eigenvalue weighted by molar-refractivity contribution is 6.02. The van der Waals surface area contributed by atoms with E-state index in [0.29, 0.717) is 0 Å². The molecule has 142 valence electrons. The van der Waals surface area contributed by atoms with Gasteiger partial charge in [-0.2, -0.15) is 5.10 Å². The second-order valence-electron chi connectivity index (χ2n) is 6.92. The number of benzene rings is 2. The predicted molar refractivity (Wildman–Crippen MR) is 110 cm³/mol. The number of nitrogens with zero attached hydrogens (tertiary/aromatic N) is 1. The molecule has 0 saturated heterocycles. The van der Waals surface area contributed by atoms with Gasteiger partial charge in [-0.1, -0.05) is 61.9 Å². The van der Waals surface area contributed by atoms with Crippen LogP contribution < -0.4 is 10.7 Å². The van der Waals surface area contributed by atoms with Gasteiger partial charge in [0.15, 0.2) is 0 Å². The summed E-state index contributed by atoms with van der Waals surface area (Å²) < 4.78 is 0. The molecule has 0 aromatic heterocycles. The number of carbonyl (C=O) groups excluding carboxylic acids is 2. The van der Waals surface area contributed by atoms with E-state index in [4.69, 9.17) is 0 Å². The van der Waals surface area contributed by atoms with Crippen LogP contribution in [0.5, 0.6) is 0 Å². The van der Waals surface area contributed by atoms with Gasteiger partial charge < -0.3 is 5.32 Å². The number of hydrogen-bond acceptors (Lipinski definition) is 3. The smallest absolute Gasteiger partial charge is 0.240 e. The molecular formula is C22H27N3O2. The molecule has 0 aliphatic heterocycles. The van der Waals surface area contributed by atoms with Crippen LogP contribution in [-0.4, -0.2) is 17.5 Å². The zero-order chi connectivity index (χ0) is 19.8. The number of amides is 2. The van der Waals surface area contributed by atoms with Gasteiger partial charge in [0.25, 0.3) is 0 Å². The van der Waals surface area contributed by atoms with E-state index in [-0.39, 0.29) is 30.6 Å². The highest BCUT2D eigenvalue weighted by Gasteiger charge is 2.11. The molecule has 0 fully saturated rings. The van der Waals surface area contributed by atoms with Crippen LogP contribution in [0.2, 0.25) is 0 Å². The van der Waals surface area contributed by atoms with Crippen molar-refractivity contribution in [2.45, 2.75) is 40.5 Å². The third-order valence-corrected chi connectivity index (χ3v) is 4.15. The minimum atomic E-state index is -0.278. The summed E-state index contributed by atoms with van der Waals surface area (Å²) in [6, 6.07) is 15.6. The highest BCUT2D eigenvalue weighted by atomic mass is 16.2. The standard InChI is InChI=1S/C22H27N3O2/c1-15(2)22(18-8-6-5-7-9-18)25-24-21(27)13-12-20(26)23-19-11-10-16(3)14-17(19)4/h5-11,14-15H,12-13H2,1-4H3,(H,23,26)(H,24,27)/b25-22-. The van der Waals surface area contributed by atoms with Crippen molar-refractivity contribution in [1.29, 1.82) is 0 Å². The minimum absolute atomic E-state index is 0.0837. The lowest BCUT2D eigenvalue weighted by molar-refractivity contribution is -0.124. The van der Waals surface area contributed by atoms with E-state index in [2.05, 4.69) is 15.8 Å². The van der Waals surface area contributed by atoms with Crippen molar-refractivity contribution in [3.8, 4) is 0 Å². The van der Waals surface area contributed by atoms with Gasteiger partial charge >= 0.3 is 0 Å². The summed E-state index contributed by atoms with van der Waals surface area (Å²) in [4.78, 5) is 24.2. The molecule has 0 saturated carbocycles. The third-order valence-electron chi connectivity index (χ3n) is 4.15. The van der Waals surface area contributed by atoms with Gasteiger partial charge in [0.1, 0.15) is 0 Å². The number of anilines is 1. The summed E-state index contributed by atoms with van der Waals surface area (Å²) in [6.45, 7) is 8.00. The normalized spacial score (nSPS) is 11.4. The monoisotopic (exact) mass is 365 g/mol. The number of nitrogens with one attached hydrogen (secondary N) is 2. The van der Waals surface area contributed by atoms with Gasteiger partial charge in [0.05, 0.1) is 5.71 Å². The zero-order valence-corrected chi connectivity index (χ0v) is 16.4. The first-order chi connectivity index (χ1) is 12.9. The van der Waals surface area contributed by atoms with Crippen molar-refractivity contribution in [3.05, 3.63) is 65.2 Å². The van der Waals surface area contributed by atoms with E-state index >= 15 is 0 Å². The molecule has 0 unspecified atom stereocenters. The fourth-order valence-corrected chi connectivity index (χ4v) is 2.71. The van der Waals surface area contributed by atoms with Gasteiger partial charge in [0.2, 0.25) is 11.8 Å². The summed E-state index contributed by atoms with van der Waals surface area (Å²) in [5.74, 6) is -0.298. The number of rotatable bonds is 7. The highest BCUT2D eigenvalue weighted by Crippen LogP contribution is 2.16. The molecular weight excluding hydrogens is 338 g/mol. The number of aryl methyl sites for hydroxylation is 2. The molecule has 27 heavy (non-hydrogen) atoms. The fraction of sp³-hybridized carbons (Fsp3) is 0.318. The largest absolute Gasteiger partial charge is 0.326 e. The molecule has 2 aromatic carbocycles. The quantitative estimate of drug-likeness (QED) is 0.570. The molecule has 0 aliphatic rings. The Morgan fingerprint density at radius 2 is 1.63 bits per heavy atom. The molecule has 0 radical (unpaired) electrons. The van der Waals surface area contributed by atoms with Gasteiger partial charge in [-0.15, -0.1) is 0 Å². The Bertz CT molecular complexity index is 827. The number of hydrogen-bond donors (Lipinski definition) is 2. The van der Waals surface area contributed by atoms with Crippen LogP contribution in [0.1, 0.15) is 43.4 Å². The Kier molecular flexibility index (Phi) is 7.29. The van der Waals surface area contributed by atoms with Crippen molar-refractivity contribution in [3.63, 3.8) is 0 Å². The Morgan fingerprint density at radius 1 is 0.963 bits per heavy atom. The molecule has 5 heteroatoms. The van der Waals surface area contributed by atoms with Crippen LogP contribution in [0.4, 0.5) is 5.69 Å². The lowest BCUT2D eigenvalue weighted by Gasteiger charge is -2.11. The van der Waals surface area contributed by atoms with Crippen molar-refractivity contribution in [2.24, 2.45) is 11.0 Å². The van der Waals surface area contributed by atoms with Crippen LogP contribution in [0.25, 0.3) is 0 Å². The van der Waals surface area contributed by atoms with E-state index in [1.165, 1.54) is 0 Å². The molecule has 0 aliphatic carbocycles. The Labute approximate surface area is 160 Å². The first kappa shape index (κ1) is 20.4. The molecule has 0 spiro atoms. The number of hydrazone groups is 1. The minimum Gasteiger partial charge on any atom is -0.326 e. The van der Waals surface area contributed by atoms with Gasteiger partial charge in [-0.05, 0) is 37.0 Å². The Hall–Kier alpha value is -2.95. The van der Waals surface area contributed by atoms with E-state index in [1.54, 1.807) is 0 Å².